The van der Waals surface area contributed by atoms with Crippen molar-refractivity contribution in [3.63, 3.8) is 0 Å². The molecule has 30 heavy (non-hydrogen) atoms. The van der Waals surface area contributed by atoms with Crippen LogP contribution in [0.25, 0.3) is 5.70 Å². The molecule has 1 amide bonds. The molecule has 0 spiro atoms. The first-order valence-corrected chi connectivity index (χ1v) is 9.57. The summed E-state index contributed by atoms with van der Waals surface area (Å²) in [5.74, 6) is -0.604. The first-order valence-electron chi connectivity index (χ1n) is 9.19. The number of rotatable bonds is 7. The quantitative estimate of drug-likeness (QED) is 0.332. The minimum atomic E-state index is -1.23. The molecule has 1 aromatic carbocycles. The van der Waals surface area contributed by atoms with E-state index >= 15 is 0 Å². The monoisotopic (exact) mass is 432 g/mol. The zero-order valence-corrected chi connectivity index (χ0v) is 17.7. The molecule has 0 saturated carbocycles. The molecule has 0 fully saturated rings. The summed E-state index contributed by atoms with van der Waals surface area (Å²) in [6.07, 6.45) is 0.882. The Morgan fingerprint density at radius 2 is 2.13 bits per heavy atom. The molecule has 10 heteroatoms. The first-order chi connectivity index (χ1) is 14.3. The number of H-pyrrole nitrogens is 1. The lowest BCUT2D eigenvalue weighted by Crippen LogP contribution is -2.36. The molecule has 0 bridgehead atoms. The highest BCUT2D eigenvalue weighted by molar-refractivity contribution is 6.31. The Labute approximate surface area is 179 Å². The second-order valence-corrected chi connectivity index (χ2v) is 6.22. The molecule has 9 nitrogen and oxygen atoms in total. The summed E-state index contributed by atoms with van der Waals surface area (Å²) < 4.78 is 0. The van der Waals surface area contributed by atoms with E-state index in [1.165, 1.54) is 25.3 Å². The Morgan fingerprint density at radius 3 is 2.70 bits per heavy atom. The van der Waals surface area contributed by atoms with Crippen molar-refractivity contribution in [3.8, 4) is 6.07 Å². The van der Waals surface area contributed by atoms with Gasteiger partial charge in [-0.1, -0.05) is 31.5 Å². The number of nitrogens with zero attached hydrogens (tertiary/aromatic N) is 3. The number of aromatic amines is 1. The number of halogens is 1. The molecular formula is C20H25ClN6O3. The van der Waals surface area contributed by atoms with Gasteiger partial charge in [0.05, 0.1) is 28.9 Å². The van der Waals surface area contributed by atoms with Gasteiger partial charge in [-0.15, -0.1) is 0 Å². The minimum Gasteiger partial charge on any atom is -0.398 e. The highest BCUT2D eigenvalue weighted by atomic mass is 35.5. The second kappa shape index (κ2) is 12.4. The standard InChI is InChI=1S/C18H19ClN6O3.C2H6/c1-10(26)15-7-16(25-24-15)18(28)23-17(27)9-22-5-4-14(21)11-2-3-12(8-20)13(19)6-11;1-2/h2-7,10,17,26-27H,9,21H2,1H3,(H,23,28)(H,24,25);1-2H3/b14-4-,22-5?;. The third kappa shape index (κ3) is 7.33. The van der Waals surface area contributed by atoms with Gasteiger partial charge in [0.1, 0.15) is 18.0 Å². The number of allylic oxidation sites excluding steroid dienone is 1. The van der Waals surface area contributed by atoms with E-state index in [1.807, 2.05) is 19.9 Å². The SMILES string of the molecule is CC.CC(O)c1cc(C(=O)NC(O)CN=C/C=C(\N)c2ccc(C#N)c(Cl)c2)n[nH]1. The molecule has 0 aliphatic rings. The Hall–Kier alpha value is -3.19. The number of nitrogens with two attached hydrogens (primary N) is 1. The van der Waals surface area contributed by atoms with Gasteiger partial charge in [-0.3, -0.25) is 14.9 Å². The Bertz CT molecular complexity index is 946. The van der Waals surface area contributed by atoms with Gasteiger partial charge >= 0.3 is 0 Å². The smallest absolute Gasteiger partial charge is 0.273 e. The molecule has 1 aromatic heterocycles. The fourth-order valence-corrected chi connectivity index (χ4v) is 2.34. The van der Waals surface area contributed by atoms with Gasteiger partial charge < -0.3 is 21.3 Å². The molecule has 2 rings (SSSR count). The highest BCUT2D eigenvalue weighted by Gasteiger charge is 2.15. The van der Waals surface area contributed by atoms with Crippen molar-refractivity contribution >= 4 is 29.4 Å². The van der Waals surface area contributed by atoms with Crippen molar-refractivity contribution in [3.05, 3.63) is 57.9 Å². The van der Waals surface area contributed by atoms with E-state index < -0.39 is 18.2 Å². The van der Waals surface area contributed by atoms with Crippen molar-refractivity contribution in [1.82, 2.24) is 15.5 Å². The number of aliphatic imine (C=N–C) groups is 1. The van der Waals surface area contributed by atoms with Gasteiger partial charge in [-0.25, -0.2) is 0 Å². The van der Waals surface area contributed by atoms with Crippen molar-refractivity contribution in [1.29, 1.82) is 5.26 Å². The third-order valence-electron chi connectivity index (χ3n) is 3.64. The summed E-state index contributed by atoms with van der Waals surface area (Å²) in [6.45, 7) is 5.43. The number of benzene rings is 1. The van der Waals surface area contributed by atoms with Gasteiger partial charge in [0.25, 0.3) is 5.91 Å². The predicted molar refractivity (Wildman–Crippen MR) is 116 cm³/mol. The third-order valence-corrected chi connectivity index (χ3v) is 3.95. The van der Waals surface area contributed by atoms with E-state index in [-0.39, 0.29) is 12.2 Å². The summed E-state index contributed by atoms with van der Waals surface area (Å²) in [7, 11) is 0. The zero-order valence-electron chi connectivity index (χ0n) is 16.9. The van der Waals surface area contributed by atoms with Crippen LogP contribution in [0.5, 0.6) is 0 Å². The fraction of sp³-hybridized carbons (Fsp3) is 0.300. The van der Waals surface area contributed by atoms with Crippen LogP contribution in [0, 0.1) is 11.3 Å². The number of carbonyl (C=O) groups is 1. The molecule has 0 aliphatic carbocycles. The molecule has 2 aromatic rings. The van der Waals surface area contributed by atoms with Crippen LogP contribution in [-0.4, -0.2) is 45.3 Å². The number of nitrogens with one attached hydrogen (secondary N) is 2. The lowest BCUT2D eigenvalue weighted by Gasteiger charge is -2.08. The van der Waals surface area contributed by atoms with Gasteiger partial charge in [-0.2, -0.15) is 10.4 Å². The van der Waals surface area contributed by atoms with Crippen LogP contribution in [0.15, 0.2) is 35.3 Å². The molecule has 2 atom stereocenters. The number of hydrogen-bond acceptors (Lipinski definition) is 7. The number of aromatic nitrogens is 2. The normalized spacial score (nSPS) is 13.2. The number of aliphatic hydroxyl groups excluding tert-OH is 2. The van der Waals surface area contributed by atoms with Crippen molar-refractivity contribution in [2.75, 3.05) is 6.54 Å². The highest BCUT2D eigenvalue weighted by Crippen LogP contribution is 2.19. The molecule has 1 heterocycles. The summed E-state index contributed by atoms with van der Waals surface area (Å²) in [5.41, 5.74) is 7.70. The molecule has 0 radical (unpaired) electrons. The van der Waals surface area contributed by atoms with Crippen LogP contribution in [0.4, 0.5) is 0 Å². The lowest BCUT2D eigenvalue weighted by molar-refractivity contribution is 0.0797. The van der Waals surface area contributed by atoms with Crippen LogP contribution in [0.3, 0.4) is 0 Å². The molecule has 2 unspecified atom stereocenters. The van der Waals surface area contributed by atoms with E-state index in [4.69, 9.17) is 22.6 Å². The maximum atomic E-state index is 11.9. The second-order valence-electron chi connectivity index (χ2n) is 5.82. The fourth-order valence-electron chi connectivity index (χ4n) is 2.11. The zero-order chi connectivity index (χ0) is 22.7. The number of aliphatic hydroxyl groups is 2. The van der Waals surface area contributed by atoms with E-state index in [2.05, 4.69) is 20.5 Å². The minimum absolute atomic E-state index is 0.0424. The van der Waals surface area contributed by atoms with E-state index in [0.717, 1.165) is 0 Å². The van der Waals surface area contributed by atoms with Gasteiger partial charge in [0.15, 0.2) is 0 Å². The lowest BCUT2D eigenvalue weighted by atomic mass is 10.1. The topological polar surface area (TPSA) is 160 Å². The van der Waals surface area contributed by atoms with Crippen molar-refractivity contribution in [2.24, 2.45) is 10.7 Å². The maximum absolute atomic E-state index is 11.9. The average molecular weight is 433 g/mol. The van der Waals surface area contributed by atoms with Crippen molar-refractivity contribution < 1.29 is 15.0 Å². The molecule has 0 aliphatic heterocycles. The number of amides is 1. The maximum Gasteiger partial charge on any atom is 0.273 e. The van der Waals surface area contributed by atoms with Crippen LogP contribution in [0.1, 0.15) is 54.2 Å². The van der Waals surface area contributed by atoms with Crippen LogP contribution in [0.2, 0.25) is 5.02 Å². The van der Waals surface area contributed by atoms with E-state index in [1.54, 1.807) is 18.2 Å². The summed E-state index contributed by atoms with van der Waals surface area (Å²) in [5, 5.41) is 37.0. The van der Waals surface area contributed by atoms with Gasteiger partial charge in [0.2, 0.25) is 0 Å². The van der Waals surface area contributed by atoms with Crippen LogP contribution in [-0.2, 0) is 0 Å². The molecular weight excluding hydrogens is 408 g/mol. The van der Waals surface area contributed by atoms with Crippen LogP contribution < -0.4 is 11.1 Å². The molecule has 0 saturated heterocycles. The molecule has 160 valence electrons. The van der Waals surface area contributed by atoms with E-state index in [0.29, 0.717) is 27.5 Å². The Morgan fingerprint density at radius 1 is 1.43 bits per heavy atom. The summed E-state index contributed by atoms with van der Waals surface area (Å²) in [6, 6.07) is 8.14. The van der Waals surface area contributed by atoms with Crippen molar-refractivity contribution in [2.45, 2.75) is 33.1 Å². The Balaban J connectivity index is 0.00000218. The van der Waals surface area contributed by atoms with Crippen LogP contribution >= 0.6 is 11.6 Å². The largest absolute Gasteiger partial charge is 0.398 e. The number of carbonyl (C=O) groups excluding carboxylic acids is 1. The molecule has 6 N–H and O–H groups in total. The Kier molecular flexibility index (Phi) is 10.3. The summed E-state index contributed by atoms with van der Waals surface area (Å²) >= 11 is 5.96. The first kappa shape index (κ1) is 24.8. The summed E-state index contributed by atoms with van der Waals surface area (Å²) in [4.78, 5) is 15.9. The number of nitriles is 1. The van der Waals surface area contributed by atoms with E-state index in [9.17, 15) is 15.0 Å². The average Bonchev–Trinajstić information content (AvgIpc) is 3.23. The van der Waals surface area contributed by atoms with Gasteiger partial charge in [0, 0.05) is 11.9 Å². The number of hydrogen-bond donors (Lipinski definition) is 5. The van der Waals surface area contributed by atoms with Gasteiger partial charge in [-0.05, 0) is 36.8 Å². The predicted octanol–water partition coefficient (Wildman–Crippen LogP) is 2.13.